The smallest absolute Gasteiger partial charge is 0.105 e. The number of aliphatic hydroxyl groups is 1. The van der Waals surface area contributed by atoms with Gasteiger partial charge < -0.3 is 14.6 Å². The summed E-state index contributed by atoms with van der Waals surface area (Å²) in [4.78, 5) is 0. The lowest BCUT2D eigenvalue weighted by Crippen LogP contribution is -2.29. The van der Waals surface area contributed by atoms with Gasteiger partial charge in [0, 0.05) is 6.61 Å². The van der Waals surface area contributed by atoms with Gasteiger partial charge in [-0.05, 0) is 29.9 Å². The third kappa shape index (κ3) is 4.03. The molecule has 0 fully saturated rings. The van der Waals surface area contributed by atoms with Crippen LogP contribution < -0.4 is 0 Å². The summed E-state index contributed by atoms with van der Waals surface area (Å²) >= 11 is 0. The summed E-state index contributed by atoms with van der Waals surface area (Å²) in [5.41, 5.74) is 2.26. The lowest BCUT2D eigenvalue weighted by molar-refractivity contribution is -0.0668. The zero-order chi connectivity index (χ0) is 13.7. The van der Waals surface area contributed by atoms with Crippen LogP contribution in [0.15, 0.2) is 24.3 Å². The Kier molecular flexibility index (Phi) is 5.37. The molecule has 2 unspecified atom stereocenters. The predicted molar refractivity (Wildman–Crippen MR) is 75.1 cm³/mol. The highest BCUT2D eigenvalue weighted by Gasteiger charge is 2.27. The van der Waals surface area contributed by atoms with Gasteiger partial charge in [0.15, 0.2) is 0 Å². The predicted octanol–water partition coefficient (Wildman–Crippen LogP) is 2.72. The summed E-state index contributed by atoms with van der Waals surface area (Å²) in [5.74, 6) is 0.548. The molecule has 0 saturated heterocycles. The van der Waals surface area contributed by atoms with E-state index in [1.54, 1.807) is 0 Å². The SMILES string of the molecule is CC(C)COCCOC1CCc2ccccc2C1O. The highest BCUT2D eigenvalue weighted by molar-refractivity contribution is 5.32. The molecule has 106 valence electrons. The summed E-state index contributed by atoms with van der Waals surface area (Å²) in [7, 11) is 0. The molecular formula is C16H24O3. The van der Waals surface area contributed by atoms with Crippen LogP contribution in [0.3, 0.4) is 0 Å². The van der Waals surface area contributed by atoms with Crippen molar-refractivity contribution in [1.29, 1.82) is 0 Å². The minimum absolute atomic E-state index is 0.0995. The van der Waals surface area contributed by atoms with E-state index < -0.39 is 6.10 Å². The Balaban J connectivity index is 1.77. The van der Waals surface area contributed by atoms with Gasteiger partial charge in [0.1, 0.15) is 6.10 Å². The topological polar surface area (TPSA) is 38.7 Å². The summed E-state index contributed by atoms with van der Waals surface area (Å²) < 4.78 is 11.2. The maximum absolute atomic E-state index is 10.3. The molecule has 1 aliphatic rings. The van der Waals surface area contributed by atoms with Crippen molar-refractivity contribution in [2.24, 2.45) is 5.92 Å². The van der Waals surface area contributed by atoms with E-state index in [1.807, 2.05) is 18.2 Å². The quantitative estimate of drug-likeness (QED) is 0.803. The fourth-order valence-corrected chi connectivity index (χ4v) is 2.46. The number of hydrogen-bond acceptors (Lipinski definition) is 3. The molecule has 0 aliphatic heterocycles. The monoisotopic (exact) mass is 264 g/mol. The van der Waals surface area contributed by atoms with Crippen LogP contribution in [0.5, 0.6) is 0 Å². The third-order valence-corrected chi connectivity index (χ3v) is 3.43. The van der Waals surface area contributed by atoms with Crippen LogP contribution in [0.4, 0.5) is 0 Å². The van der Waals surface area contributed by atoms with Gasteiger partial charge in [-0.3, -0.25) is 0 Å². The number of hydrogen-bond donors (Lipinski definition) is 1. The lowest BCUT2D eigenvalue weighted by Gasteiger charge is -2.30. The highest BCUT2D eigenvalue weighted by atomic mass is 16.5. The van der Waals surface area contributed by atoms with Gasteiger partial charge in [0.05, 0.1) is 19.3 Å². The van der Waals surface area contributed by atoms with E-state index in [2.05, 4.69) is 19.9 Å². The number of ether oxygens (including phenoxy) is 2. The fraction of sp³-hybridized carbons (Fsp3) is 0.625. The first-order chi connectivity index (χ1) is 9.18. The Morgan fingerprint density at radius 1 is 1.26 bits per heavy atom. The second-order valence-corrected chi connectivity index (χ2v) is 5.56. The maximum atomic E-state index is 10.3. The number of fused-ring (bicyclic) bond motifs is 1. The molecule has 2 atom stereocenters. The first-order valence-corrected chi connectivity index (χ1v) is 7.13. The second-order valence-electron chi connectivity index (χ2n) is 5.56. The van der Waals surface area contributed by atoms with E-state index in [-0.39, 0.29) is 6.10 Å². The zero-order valence-electron chi connectivity index (χ0n) is 11.8. The molecular weight excluding hydrogens is 240 g/mol. The van der Waals surface area contributed by atoms with Crippen LogP contribution in [0.2, 0.25) is 0 Å². The number of aryl methyl sites for hydroxylation is 1. The average Bonchev–Trinajstić information content (AvgIpc) is 2.41. The van der Waals surface area contributed by atoms with Gasteiger partial charge >= 0.3 is 0 Å². The second kappa shape index (κ2) is 7.04. The minimum Gasteiger partial charge on any atom is -0.386 e. The standard InChI is InChI=1S/C16H24O3/c1-12(2)11-18-9-10-19-15-8-7-13-5-3-4-6-14(13)16(15)17/h3-6,12,15-17H,7-11H2,1-2H3. The molecule has 3 nitrogen and oxygen atoms in total. The van der Waals surface area contributed by atoms with E-state index in [1.165, 1.54) is 5.56 Å². The molecule has 1 aliphatic carbocycles. The molecule has 1 aromatic carbocycles. The van der Waals surface area contributed by atoms with Crippen molar-refractivity contribution in [3.8, 4) is 0 Å². The van der Waals surface area contributed by atoms with Gasteiger partial charge in [-0.2, -0.15) is 0 Å². The van der Waals surface area contributed by atoms with Crippen molar-refractivity contribution in [3.05, 3.63) is 35.4 Å². The number of benzene rings is 1. The molecule has 1 N–H and O–H groups in total. The highest BCUT2D eigenvalue weighted by Crippen LogP contribution is 2.31. The van der Waals surface area contributed by atoms with Crippen LogP contribution in [0, 0.1) is 5.92 Å². The molecule has 0 saturated carbocycles. The zero-order valence-corrected chi connectivity index (χ0v) is 11.8. The normalized spacial score (nSPS) is 22.5. The van der Waals surface area contributed by atoms with Crippen molar-refractivity contribution < 1.29 is 14.6 Å². The van der Waals surface area contributed by atoms with Crippen LogP contribution in [-0.2, 0) is 15.9 Å². The van der Waals surface area contributed by atoms with Crippen LogP contribution in [-0.4, -0.2) is 31.0 Å². The molecule has 0 bridgehead atoms. The number of aliphatic hydroxyl groups excluding tert-OH is 1. The Labute approximate surface area is 115 Å². The van der Waals surface area contributed by atoms with Gasteiger partial charge in [0.2, 0.25) is 0 Å². The Hall–Kier alpha value is -0.900. The van der Waals surface area contributed by atoms with Gasteiger partial charge in [-0.1, -0.05) is 38.1 Å². The Morgan fingerprint density at radius 3 is 2.84 bits per heavy atom. The summed E-state index contributed by atoms with van der Waals surface area (Å²) in [6, 6.07) is 8.06. The van der Waals surface area contributed by atoms with Crippen molar-refractivity contribution in [2.75, 3.05) is 19.8 Å². The van der Waals surface area contributed by atoms with Crippen molar-refractivity contribution in [3.63, 3.8) is 0 Å². The molecule has 2 rings (SSSR count). The number of rotatable bonds is 6. The van der Waals surface area contributed by atoms with Crippen LogP contribution in [0.1, 0.15) is 37.5 Å². The fourth-order valence-electron chi connectivity index (χ4n) is 2.46. The van der Waals surface area contributed by atoms with Gasteiger partial charge in [-0.15, -0.1) is 0 Å². The molecule has 0 amide bonds. The Bertz CT molecular complexity index is 389. The summed E-state index contributed by atoms with van der Waals surface area (Å²) in [5, 5.41) is 10.3. The van der Waals surface area contributed by atoms with E-state index >= 15 is 0 Å². The molecule has 0 radical (unpaired) electrons. The van der Waals surface area contributed by atoms with E-state index in [0.29, 0.717) is 19.1 Å². The van der Waals surface area contributed by atoms with E-state index in [9.17, 15) is 5.11 Å². The third-order valence-electron chi connectivity index (χ3n) is 3.43. The van der Waals surface area contributed by atoms with E-state index in [0.717, 1.165) is 25.0 Å². The van der Waals surface area contributed by atoms with Crippen LogP contribution >= 0.6 is 0 Å². The molecule has 19 heavy (non-hydrogen) atoms. The van der Waals surface area contributed by atoms with Crippen molar-refractivity contribution in [1.82, 2.24) is 0 Å². The van der Waals surface area contributed by atoms with Gasteiger partial charge in [0.25, 0.3) is 0 Å². The average molecular weight is 264 g/mol. The molecule has 0 aromatic heterocycles. The maximum Gasteiger partial charge on any atom is 0.105 e. The first-order valence-electron chi connectivity index (χ1n) is 7.13. The lowest BCUT2D eigenvalue weighted by atomic mass is 9.87. The minimum atomic E-state index is -0.505. The van der Waals surface area contributed by atoms with Crippen molar-refractivity contribution in [2.45, 2.75) is 38.9 Å². The molecule has 0 heterocycles. The molecule has 0 spiro atoms. The van der Waals surface area contributed by atoms with Crippen LogP contribution in [0.25, 0.3) is 0 Å². The van der Waals surface area contributed by atoms with E-state index in [4.69, 9.17) is 9.47 Å². The summed E-state index contributed by atoms with van der Waals surface area (Å²) in [6.45, 7) is 6.17. The summed E-state index contributed by atoms with van der Waals surface area (Å²) in [6.07, 6.45) is 1.25. The Morgan fingerprint density at radius 2 is 2.05 bits per heavy atom. The van der Waals surface area contributed by atoms with Gasteiger partial charge in [-0.25, -0.2) is 0 Å². The largest absolute Gasteiger partial charge is 0.386 e. The first kappa shape index (κ1) is 14.5. The molecule has 1 aromatic rings. The van der Waals surface area contributed by atoms with Crippen molar-refractivity contribution >= 4 is 0 Å². The molecule has 3 heteroatoms.